The lowest BCUT2D eigenvalue weighted by Crippen LogP contribution is -2.11. The summed E-state index contributed by atoms with van der Waals surface area (Å²) in [5, 5.41) is 15.2. The van der Waals surface area contributed by atoms with Crippen molar-refractivity contribution in [1.29, 1.82) is 0 Å². The van der Waals surface area contributed by atoms with Gasteiger partial charge in [0.2, 0.25) is 5.95 Å². The normalized spacial score (nSPS) is 10.7. The van der Waals surface area contributed by atoms with Crippen LogP contribution in [0.3, 0.4) is 0 Å². The van der Waals surface area contributed by atoms with Crippen LogP contribution in [0.2, 0.25) is 5.02 Å². The van der Waals surface area contributed by atoms with Crippen molar-refractivity contribution in [3.63, 3.8) is 0 Å². The van der Waals surface area contributed by atoms with E-state index in [-0.39, 0.29) is 0 Å². The highest BCUT2D eigenvalue weighted by Crippen LogP contribution is 2.10. The summed E-state index contributed by atoms with van der Waals surface area (Å²) >= 11 is 5.87. The number of nitrogens with zero attached hydrogens (tertiary/aromatic N) is 3. The Labute approximate surface area is 136 Å². The molecular weight excluding hydrogens is 298 g/mol. The number of hydrogen-bond acceptors (Lipinski definition) is 5. The molecule has 0 aliphatic rings. The molecule has 2 N–H and O–H groups in total. The van der Waals surface area contributed by atoms with E-state index in [4.69, 9.17) is 11.6 Å². The highest BCUT2D eigenvalue weighted by atomic mass is 35.5. The molecule has 0 spiro atoms. The standard InChI is InChI=1S/C16H22ClN5/c1-12(2)7-9-19-16-21-15(11-20-22-16)18-10-8-13-3-5-14(17)6-4-13/h3-6,11-12H,7-10H2,1-2H3,(H2,18,19,21,22). The first-order valence-electron chi connectivity index (χ1n) is 7.55. The molecule has 0 radical (unpaired) electrons. The van der Waals surface area contributed by atoms with Crippen LogP contribution >= 0.6 is 11.6 Å². The van der Waals surface area contributed by atoms with Crippen LogP contribution in [0.1, 0.15) is 25.8 Å². The molecule has 0 aliphatic heterocycles. The molecular formula is C16H22ClN5. The second-order valence-corrected chi connectivity index (χ2v) is 6.01. The average Bonchev–Trinajstić information content (AvgIpc) is 2.49. The third-order valence-corrected chi connectivity index (χ3v) is 3.45. The first kappa shape index (κ1) is 16.5. The van der Waals surface area contributed by atoms with Gasteiger partial charge in [0.05, 0.1) is 6.20 Å². The van der Waals surface area contributed by atoms with Gasteiger partial charge in [-0.05, 0) is 36.5 Å². The average molecular weight is 320 g/mol. The van der Waals surface area contributed by atoms with E-state index in [0.29, 0.717) is 11.9 Å². The van der Waals surface area contributed by atoms with Crippen LogP contribution in [0.25, 0.3) is 0 Å². The summed E-state index contributed by atoms with van der Waals surface area (Å²) in [5.74, 6) is 1.95. The summed E-state index contributed by atoms with van der Waals surface area (Å²) in [6.07, 6.45) is 3.62. The molecule has 2 aromatic rings. The third kappa shape index (κ3) is 5.85. The Hall–Kier alpha value is -1.88. The van der Waals surface area contributed by atoms with Crippen LogP contribution in [0.4, 0.5) is 11.8 Å². The fourth-order valence-electron chi connectivity index (χ4n) is 1.92. The van der Waals surface area contributed by atoms with Gasteiger partial charge in [0.25, 0.3) is 0 Å². The molecule has 5 nitrogen and oxygen atoms in total. The van der Waals surface area contributed by atoms with Gasteiger partial charge in [-0.25, -0.2) is 0 Å². The van der Waals surface area contributed by atoms with E-state index < -0.39 is 0 Å². The van der Waals surface area contributed by atoms with E-state index in [1.165, 1.54) is 5.56 Å². The van der Waals surface area contributed by atoms with Crippen LogP contribution in [0.15, 0.2) is 30.5 Å². The number of anilines is 2. The van der Waals surface area contributed by atoms with Crippen molar-refractivity contribution in [1.82, 2.24) is 15.2 Å². The van der Waals surface area contributed by atoms with Gasteiger partial charge in [0.15, 0.2) is 5.82 Å². The van der Waals surface area contributed by atoms with Crippen molar-refractivity contribution in [2.24, 2.45) is 5.92 Å². The third-order valence-electron chi connectivity index (χ3n) is 3.20. The lowest BCUT2D eigenvalue weighted by atomic mass is 10.1. The van der Waals surface area contributed by atoms with E-state index in [1.54, 1.807) is 6.20 Å². The molecule has 0 fully saturated rings. The zero-order chi connectivity index (χ0) is 15.8. The summed E-state index contributed by atoms with van der Waals surface area (Å²) in [6.45, 7) is 6.02. The minimum atomic E-state index is 0.567. The maximum absolute atomic E-state index is 5.87. The second kappa shape index (κ2) is 8.54. The van der Waals surface area contributed by atoms with Crippen molar-refractivity contribution < 1.29 is 0 Å². The molecule has 0 bridgehead atoms. The minimum Gasteiger partial charge on any atom is -0.368 e. The number of aromatic nitrogens is 3. The SMILES string of the molecule is CC(C)CCNc1nncc(NCCc2ccc(Cl)cc2)n1. The quantitative estimate of drug-likeness (QED) is 0.778. The number of nitrogens with one attached hydrogen (secondary N) is 2. The maximum Gasteiger partial charge on any atom is 0.244 e. The van der Waals surface area contributed by atoms with E-state index >= 15 is 0 Å². The van der Waals surface area contributed by atoms with E-state index in [2.05, 4.69) is 39.7 Å². The summed E-state index contributed by atoms with van der Waals surface area (Å²) in [7, 11) is 0. The molecule has 118 valence electrons. The van der Waals surface area contributed by atoms with Crippen molar-refractivity contribution in [3.05, 3.63) is 41.0 Å². The number of halogens is 1. The summed E-state index contributed by atoms with van der Waals surface area (Å²) in [5.41, 5.74) is 1.23. The fraction of sp³-hybridized carbons (Fsp3) is 0.438. The maximum atomic E-state index is 5.87. The molecule has 0 amide bonds. The van der Waals surface area contributed by atoms with Crippen LogP contribution < -0.4 is 10.6 Å². The van der Waals surface area contributed by atoms with Gasteiger partial charge < -0.3 is 10.6 Å². The lowest BCUT2D eigenvalue weighted by Gasteiger charge is -2.08. The number of rotatable bonds is 8. The summed E-state index contributed by atoms with van der Waals surface area (Å²) in [4.78, 5) is 4.40. The van der Waals surface area contributed by atoms with Gasteiger partial charge in [0, 0.05) is 18.1 Å². The highest BCUT2D eigenvalue weighted by molar-refractivity contribution is 6.30. The molecule has 1 aromatic heterocycles. The molecule has 0 saturated heterocycles. The Bertz CT molecular complexity index is 571. The first-order valence-corrected chi connectivity index (χ1v) is 7.93. The second-order valence-electron chi connectivity index (χ2n) is 5.58. The highest BCUT2D eigenvalue weighted by Gasteiger charge is 2.01. The predicted molar refractivity (Wildman–Crippen MR) is 91.4 cm³/mol. The summed E-state index contributed by atoms with van der Waals surface area (Å²) < 4.78 is 0. The number of benzene rings is 1. The van der Waals surface area contributed by atoms with Crippen molar-refractivity contribution in [2.45, 2.75) is 26.7 Å². The van der Waals surface area contributed by atoms with E-state index in [1.807, 2.05) is 24.3 Å². The Morgan fingerprint density at radius 2 is 1.86 bits per heavy atom. The fourth-order valence-corrected chi connectivity index (χ4v) is 2.05. The predicted octanol–water partition coefficient (Wildman–Crippen LogP) is 3.64. The van der Waals surface area contributed by atoms with Crippen molar-refractivity contribution in [2.75, 3.05) is 23.7 Å². The van der Waals surface area contributed by atoms with Crippen LogP contribution in [0, 0.1) is 5.92 Å². The topological polar surface area (TPSA) is 62.7 Å². The van der Waals surface area contributed by atoms with Gasteiger partial charge >= 0.3 is 0 Å². The van der Waals surface area contributed by atoms with E-state index in [0.717, 1.165) is 36.8 Å². The minimum absolute atomic E-state index is 0.567. The van der Waals surface area contributed by atoms with Crippen molar-refractivity contribution in [3.8, 4) is 0 Å². The Kier molecular flexibility index (Phi) is 6.40. The van der Waals surface area contributed by atoms with Gasteiger partial charge in [-0.3, -0.25) is 0 Å². The number of hydrogen-bond donors (Lipinski definition) is 2. The molecule has 6 heteroatoms. The zero-order valence-corrected chi connectivity index (χ0v) is 13.8. The Balaban J connectivity index is 1.78. The molecule has 1 aromatic carbocycles. The van der Waals surface area contributed by atoms with Gasteiger partial charge in [-0.1, -0.05) is 37.6 Å². The Morgan fingerprint density at radius 3 is 2.59 bits per heavy atom. The van der Waals surface area contributed by atoms with Crippen LogP contribution in [-0.4, -0.2) is 28.3 Å². The van der Waals surface area contributed by atoms with Crippen molar-refractivity contribution >= 4 is 23.4 Å². The molecule has 0 atom stereocenters. The van der Waals surface area contributed by atoms with E-state index in [9.17, 15) is 0 Å². The lowest BCUT2D eigenvalue weighted by molar-refractivity contribution is 0.605. The zero-order valence-electron chi connectivity index (χ0n) is 13.0. The Morgan fingerprint density at radius 1 is 1.09 bits per heavy atom. The monoisotopic (exact) mass is 319 g/mol. The molecule has 2 rings (SSSR count). The van der Waals surface area contributed by atoms with Crippen LogP contribution in [0.5, 0.6) is 0 Å². The molecule has 22 heavy (non-hydrogen) atoms. The van der Waals surface area contributed by atoms with Gasteiger partial charge in [0.1, 0.15) is 0 Å². The molecule has 1 heterocycles. The van der Waals surface area contributed by atoms with Gasteiger partial charge in [-0.15, -0.1) is 5.10 Å². The first-order chi connectivity index (χ1) is 10.6. The molecule has 0 saturated carbocycles. The largest absolute Gasteiger partial charge is 0.368 e. The molecule has 0 unspecified atom stereocenters. The van der Waals surface area contributed by atoms with Crippen LogP contribution in [-0.2, 0) is 6.42 Å². The smallest absolute Gasteiger partial charge is 0.244 e. The summed E-state index contributed by atoms with van der Waals surface area (Å²) in [6, 6.07) is 7.86. The van der Waals surface area contributed by atoms with Gasteiger partial charge in [-0.2, -0.15) is 10.1 Å². The molecule has 0 aliphatic carbocycles.